The molecule has 0 unspecified atom stereocenters. The van der Waals surface area contributed by atoms with Gasteiger partial charge in [-0.05, 0) is 43.6 Å². The van der Waals surface area contributed by atoms with Crippen LogP contribution in [0.2, 0.25) is 0 Å². The zero-order valence-electron chi connectivity index (χ0n) is 17.6. The molecule has 5 nitrogen and oxygen atoms in total. The monoisotopic (exact) mass is 400 g/mol. The highest BCUT2D eigenvalue weighted by Crippen LogP contribution is 2.60. The van der Waals surface area contributed by atoms with E-state index in [-0.39, 0.29) is 12.2 Å². The van der Waals surface area contributed by atoms with Gasteiger partial charge in [-0.3, -0.25) is 0 Å². The highest BCUT2D eigenvalue weighted by Gasteiger charge is 2.69. The average molecular weight is 401 g/mol. The molecule has 29 heavy (non-hydrogen) atoms. The minimum atomic E-state index is -0.740. The van der Waals surface area contributed by atoms with Crippen LogP contribution in [-0.4, -0.2) is 30.6 Å². The van der Waals surface area contributed by atoms with E-state index in [0.717, 1.165) is 19.3 Å². The number of rotatable bonds is 4. The second kappa shape index (κ2) is 7.47. The molecule has 4 saturated heterocycles. The van der Waals surface area contributed by atoms with Crippen molar-refractivity contribution in [3.63, 3.8) is 0 Å². The van der Waals surface area contributed by atoms with Crippen LogP contribution in [-0.2, 0) is 24.0 Å². The van der Waals surface area contributed by atoms with Gasteiger partial charge in [-0.15, -0.1) is 0 Å². The third-order valence-corrected chi connectivity index (χ3v) is 7.56. The fourth-order valence-corrected chi connectivity index (χ4v) is 5.96. The van der Waals surface area contributed by atoms with Gasteiger partial charge < -0.3 is 14.2 Å². The summed E-state index contributed by atoms with van der Waals surface area (Å²) < 4.78 is 19.0. The van der Waals surface area contributed by atoms with Crippen molar-refractivity contribution in [3.05, 3.63) is 42.0 Å². The second-order valence-corrected chi connectivity index (χ2v) is 9.42. The maximum absolute atomic E-state index is 6.43. The van der Waals surface area contributed by atoms with E-state index in [2.05, 4.69) is 32.1 Å². The van der Waals surface area contributed by atoms with Gasteiger partial charge in [-0.1, -0.05) is 56.3 Å². The van der Waals surface area contributed by atoms with Gasteiger partial charge in [0.2, 0.25) is 5.79 Å². The molecule has 2 bridgehead atoms. The predicted molar refractivity (Wildman–Crippen MR) is 108 cm³/mol. The first kappa shape index (κ1) is 19.7. The summed E-state index contributed by atoms with van der Waals surface area (Å²) in [5.41, 5.74) is 0.645. The molecule has 1 aliphatic carbocycles. The minimum Gasteiger partial charge on any atom is -0.348 e. The summed E-state index contributed by atoms with van der Waals surface area (Å²) in [5, 5.41) is 0. The van der Waals surface area contributed by atoms with E-state index in [1.807, 2.05) is 31.2 Å². The molecule has 0 amide bonds. The Bertz CT molecular complexity index is 751. The quantitative estimate of drug-likeness (QED) is 0.671. The molecule has 1 aromatic rings. The zero-order valence-corrected chi connectivity index (χ0v) is 17.6. The molecule has 5 aliphatic rings. The summed E-state index contributed by atoms with van der Waals surface area (Å²) in [6.07, 6.45) is 7.54. The van der Waals surface area contributed by atoms with Crippen molar-refractivity contribution in [3.8, 4) is 0 Å². The molecule has 1 saturated carbocycles. The van der Waals surface area contributed by atoms with E-state index in [4.69, 9.17) is 24.0 Å². The number of benzene rings is 1. The van der Waals surface area contributed by atoms with Crippen molar-refractivity contribution in [2.45, 2.75) is 70.4 Å². The highest BCUT2D eigenvalue weighted by molar-refractivity contribution is 5.48. The molecule has 0 radical (unpaired) electrons. The third-order valence-electron chi connectivity index (χ3n) is 7.56. The minimum absolute atomic E-state index is 0.209. The molecule has 1 aromatic carbocycles. The van der Waals surface area contributed by atoms with Crippen molar-refractivity contribution >= 4 is 6.08 Å². The number of hydrogen-bond acceptors (Lipinski definition) is 5. The Labute approximate surface area is 173 Å². The molecule has 6 rings (SSSR count). The van der Waals surface area contributed by atoms with Crippen molar-refractivity contribution in [2.75, 3.05) is 6.61 Å². The zero-order chi connectivity index (χ0) is 20.1. The first-order valence-electron chi connectivity index (χ1n) is 11.1. The molecule has 4 heterocycles. The smallest absolute Gasteiger partial charge is 0.201 e. The average Bonchev–Trinajstić information content (AvgIpc) is 2.95. The van der Waals surface area contributed by atoms with Crippen LogP contribution < -0.4 is 0 Å². The summed E-state index contributed by atoms with van der Waals surface area (Å²) in [7, 11) is 0. The summed E-state index contributed by atoms with van der Waals surface area (Å²) >= 11 is 0. The van der Waals surface area contributed by atoms with Gasteiger partial charge in [-0.2, -0.15) is 0 Å². The molecule has 1 spiro atoms. The maximum Gasteiger partial charge on any atom is 0.201 e. The number of fused-ring (bicyclic) bond motifs is 2. The Balaban J connectivity index is 1.34. The molecule has 5 fully saturated rings. The summed E-state index contributed by atoms with van der Waals surface area (Å²) in [6, 6.07) is 10.3. The van der Waals surface area contributed by atoms with Crippen LogP contribution in [0.5, 0.6) is 0 Å². The fourth-order valence-electron chi connectivity index (χ4n) is 5.96. The van der Waals surface area contributed by atoms with Crippen molar-refractivity contribution in [1.29, 1.82) is 0 Å². The SMILES string of the molecule is C[C@H]1[C@@H](OC/C=C/c2ccccc2)O[C@@H]2O[C@@]3(C)CC[C@H]4[C@H](C)CC[C@@H]1[C@@]24OO3. The van der Waals surface area contributed by atoms with Crippen LogP contribution in [0, 0.1) is 23.7 Å². The van der Waals surface area contributed by atoms with Crippen LogP contribution in [0.15, 0.2) is 36.4 Å². The standard InChI is InChI=1S/C24H32O5/c1-16-11-12-20-17(2)21(25-15-7-10-18-8-5-4-6-9-18)26-22-24(20)19(16)13-14-23(3,27-22)28-29-24/h4-10,16-17,19-22H,11-15H2,1-3H3/b10-7+/t16-,17-,19+,20+,21+,22-,23-,24-/m1/s1. The van der Waals surface area contributed by atoms with Gasteiger partial charge in [0.25, 0.3) is 0 Å². The van der Waals surface area contributed by atoms with Gasteiger partial charge in [0.15, 0.2) is 18.2 Å². The lowest BCUT2D eigenvalue weighted by Gasteiger charge is -2.60. The van der Waals surface area contributed by atoms with Gasteiger partial charge in [0.05, 0.1) is 6.61 Å². The van der Waals surface area contributed by atoms with Gasteiger partial charge in [-0.25, -0.2) is 9.78 Å². The molecule has 4 aliphatic heterocycles. The highest BCUT2D eigenvalue weighted by atomic mass is 17.3. The summed E-state index contributed by atoms with van der Waals surface area (Å²) in [4.78, 5) is 12.0. The Morgan fingerprint density at radius 3 is 2.72 bits per heavy atom. The van der Waals surface area contributed by atoms with E-state index in [0.29, 0.717) is 24.4 Å². The van der Waals surface area contributed by atoms with Crippen LogP contribution in [0.3, 0.4) is 0 Å². The first-order valence-corrected chi connectivity index (χ1v) is 11.1. The van der Waals surface area contributed by atoms with E-state index in [1.165, 1.54) is 12.0 Å². The fraction of sp³-hybridized carbons (Fsp3) is 0.667. The lowest BCUT2D eigenvalue weighted by atomic mass is 9.58. The Morgan fingerprint density at radius 1 is 1.07 bits per heavy atom. The molecule has 158 valence electrons. The van der Waals surface area contributed by atoms with Crippen LogP contribution in [0.25, 0.3) is 6.08 Å². The predicted octanol–water partition coefficient (Wildman–Crippen LogP) is 4.92. The Hall–Kier alpha value is -1.24. The molecule has 5 heteroatoms. The lowest BCUT2D eigenvalue weighted by Crippen LogP contribution is -2.70. The molecule has 8 atom stereocenters. The van der Waals surface area contributed by atoms with E-state index in [1.54, 1.807) is 0 Å². The topological polar surface area (TPSA) is 46.2 Å². The summed E-state index contributed by atoms with van der Waals surface area (Å²) in [5.74, 6) is 0.727. The first-order chi connectivity index (χ1) is 14.0. The van der Waals surface area contributed by atoms with Gasteiger partial charge >= 0.3 is 0 Å². The Kier molecular flexibility index (Phi) is 5.08. The summed E-state index contributed by atoms with van der Waals surface area (Å²) in [6.45, 7) is 7.01. The molecule has 0 aromatic heterocycles. The van der Waals surface area contributed by atoms with Crippen LogP contribution in [0.1, 0.15) is 52.0 Å². The molecular weight excluding hydrogens is 368 g/mol. The van der Waals surface area contributed by atoms with E-state index >= 15 is 0 Å². The normalized spacial score (nSPS) is 46.4. The number of hydrogen-bond donors (Lipinski definition) is 0. The molecular formula is C24H32O5. The van der Waals surface area contributed by atoms with Gasteiger partial charge in [0, 0.05) is 18.3 Å². The van der Waals surface area contributed by atoms with Crippen LogP contribution in [0.4, 0.5) is 0 Å². The number of ether oxygens (including phenoxy) is 3. The van der Waals surface area contributed by atoms with Crippen molar-refractivity contribution in [1.82, 2.24) is 0 Å². The van der Waals surface area contributed by atoms with Crippen molar-refractivity contribution < 1.29 is 24.0 Å². The van der Waals surface area contributed by atoms with Crippen molar-refractivity contribution in [2.24, 2.45) is 23.7 Å². The van der Waals surface area contributed by atoms with Gasteiger partial charge in [0.1, 0.15) is 0 Å². The molecule has 0 N–H and O–H groups in total. The lowest BCUT2D eigenvalue weighted by molar-refractivity contribution is -0.577. The third kappa shape index (κ3) is 3.28. The van der Waals surface area contributed by atoms with E-state index < -0.39 is 17.7 Å². The second-order valence-electron chi connectivity index (χ2n) is 9.42. The van der Waals surface area contributed by atoms with Crippen LogP contribution >= 0.6 is 0 Å². The maximum atomic E-state index is 6.43. The van der Waals surface area contributed by atoms with E-state index in [9.17, 15) is 0 Å². The Morgan fingerprint density at radius 2 is 1.90 bits per heavy atom. The largest absolute Gasteiger partial charge is 0.348 e.